The Morgan fingerprint density at radius 2 is 1.96 bits per heavy atom. The Kier molecular flexibility index (Phi) is 5.45. The van der Waals surface area contributed by atoms with E-state index in [2.05, 4.69) is 10.3 Å². The molecule has 1 N–H and O–H groups in total. The molecular weight excluding hydrogens is 358 g/mol. The van der Waals surface area contributed by atoms with E-state index in [4.69, 9.17) is 14.2 Å². The minimum absolute atomic E-state index is 0.0613. The third kappa shape index (κ3) is 3.95. The number of nitrogens with zero attached hydrogens (tertiary/aromatic N) is 2. The molecule has 0 bridgehead atoms. The van der Waals surface area contributed by atoms with Crippen LogP contribution in [0.25, 0.3) is 0 Å². The van der Waals surface area contributed by atoms with Crippen molar-refractivity contribution in [2.45, 2.75) is 25.2 Å². The number of piperidine rings is 1. The number of rotatable bonds is 5. The quantitative estimate of drug-likeness (QED) is 0.856. The van der Waals surface area contributed by atoms with Gasteiger partial charge in [-0.15, -0.1) is 0 Å². The molecule has 1 amide bonds. The molecule has 1 aromatic carbocycles. The van der Waals surface area contributed by atoms with Gasteiger partial charge in [-0.2, -0.15) is 0 Å². The second-order valence-electron chi connectivity index (χ2n) is 6.99. The van der Waals surface area contributed by atoms with Crippen molar-refractivity contribution in [3.8, 4) is 5.75 Å². The summed E-state index contributed by atoms with van der Waals surface area (Å²) in [6, 6.07) is 11.5. The number of benzene rings is 1. The first kappa shape index (κ1) is 18.7. The van der Waals surface area contributed by atoms with Gasteiger partial charge in [0.1, 0.15) is 11.4 Å². The number of anilines is 1. The summed E-state index contributed by atoms with van der Waals surface area (Å²) in [6.45, 7) is 3.09. The molecule has 7 heteroatoms. The molecular formula is C21H25N3O4. The number of hydrogen-bond donors (Lipinski definition) is 1. The molecule has 4 rings (SSSR count). The average Bonchev–Trinajstić information content (AvgIpc) is 3.20. The van der Waals surface area contributed by atoms with Crippen LogP contribution in [0.2, 0.25) is 0 Å². The molecule has 2 aliphatic heterocycles. The first-order valence-corrected chi connectivity index (χ1v) is 9.58. The topological polar surface area (TPSA) is 72.9 Å². The van der Waals surface area contributed by atoms with Crippen LogP contribution in [-0.4, -0.2) is 55.0 Å². The Morgan fingerprint density at radius 3 is 2.71 bits per heavy atom. The van der Waals surface area contributed by atoms with Gasteiger partial charge in [0.25, 0.3) is 5.91 Å². The fourth-order valence-electron chi connectivity index (χ4n) is 3.70. The van der Waals surface area contributed by atoms with Crippen LogP contribution >= 0.6 is 0 Å². The number of hydrogen-bond acceptors (Lipinski definition) is 6. The molecule has 3 heterocycles. The Hall–Kier alpha value is -2.64. The van der Waals surface area contributed by atoms with Gasteiger partial charge in [0, 0.05) is 49.9 Å². The number of aromatic nitrogens is 1. The molecule has 0 saturated carbocycles. The van der Waals surface area contributed by atoms with Crippen molar-refractivity contribution in [2.24, 2.45) is 0 Å². The lowest BCUT2D eigenvalue weighted by Crippen LogP contribution is -2.47. The van der Waals surface area contributed by atoms with E-state index < -0.39 is 5.79 Å². The number of para-hydroxylation sites is 1. The second kappa shape index (κ2) is 8.16. The van der Waals surface area contributed by atoms with Gasteiger partial charge in [-0.3, -0.25) is 9.78 Å². The van der Waals surface area contributed by atoms with Gasteiger partial charge < -0.3 is 24.4 Å². The number of likely N-dealkylation sites (tertiary alicyclic amines) is 1. The Bertz CT molecular complexity index is 826. The van der Waals surface area contributed by atoms with Crippen molar-refractivity contribution in [3.05, 3.63) is 53.9 Å². The molecule has 1 aromatic heterocycles. The Labute approximate surface area is 164 Å². The van der Waals surface area contributed by atoms with Crippen molar-refractivity contribution < 1.29 is 19.0 Å². The highest BCUT2D eigenvalue weighted by Crippen LogP contribution is 2.31. The number of amides is 1. The summed E-state index contributed by atoms with van der Waals surface area (Å²) >= 11 is 0. The standard InChI is InChI=1S/C21H25N3O4/c1-26-19-5-3-2-4-16(19)15-23-17-6-9-22-18(14-17)20(25)24-10-7-21(8-11-24)27-12-13-28-21/h2-6,9,14H,7-8,10-13,15H2,1H3,(H,22,23). The van der Waals surface area contributed by atoms with Crippen molar-refractivity contribution in [2.75, 3.05) is 38.7 Å². The summed E-state index contributed by atoms with van der Waals surface area (Å²) in [4.78, 5) is 19.0. The number of carbonyl (C=O) groups excluding carboxylic acids is 1. The average molecular weight is 383 g/mol. The van der Waals surface area contributed by atoms with E-state index in [1.165, 1.54) is 0 Å². The molecule has 0 aliphatic carbocycles. The van der Waals surface area contributed by atoms with Crippen molar-refractivity contribution in [3.63, 3.8) is 0 Å². The van der Waals surface area contributed by atoms with Crippen LogP contribution in [0.4, 0.5) is 5.69 Å². The monoisotopic (exact) mass is 383 g/mol. The third-order valence-corrected chi connectivity index (χ3v) is 5.28. The molecule has 2 aromatic rings. The number of carbonyl (C=O) groups is 1. The minimum atomic E-state index is -0.484. The lowest BCUT2D eigenvalue weighted by molar-refractivity contribution is -0.181. The summed E-state index contributed by atoms with van der Waals surface area (Å²) in [5.74, 6) is 0.287. The van der Waals surface area contributed by atoms with Crippen LogP contribution in [0, 0.1) is 0 Å². The van der Waals surface area contributed by atoms with Crippen LogP contribution < -0.4 is 10.1 Å². The first-order valence-electron chi connectivity index (χ1n) is 9.58. The fraction of sp³-hybridized carbons (Fsp3) is 0.429. The Morgan fingerprint density at radius 1 is 1.21 bits per heavy atom. The number of pyridine rings is 1. The van der Waals surface area contributed by atoms with Crippen LogP contribution in [0.3, 0.4) is 0 Å². The van der Waals surface area contributed by atoms with E-state index in [0.717, 1.165) is 17.0 Å². The van der Waals surface area contributed by atoms with Crippen LogP contribution in [0.1, 0.15) is 28.9 Å². The predicted molar refractivity (Wildman–Crippen MR) is 104 cm³/mol. The maximum atomic E-state index is 12.9. The van der Waals surface area contributed by atoms with Crippen molar-refractivity contribution in [1.82, 2.24) is 9.88 Å². The SMILES string of the molecule is COc1ccccc1CNc1ccnc(C(=O)N2CCC3(CC2)OCCO3)c1. The van der Waals surface area contributed by atoms with Gasteiger partial charge in [0.2, 0.25) is 0 Å². The van der Waals surface area contributed by atoms with Crippen molar-refractivity contribution in [1.29, 1.82) is 0 Å². The summed E-state index contributed by atoms with van der Waals surface area (Å²) in [7, 11) is 1.66. The summed E-state index contributed by atoms with van der Waals surface area (Å²) < 4.78 is 16.8. The molecule has 148 valence electrons. The highest BCUT2D eigenvalue weighted by Gasteiger charge is 2.41. The highest BCUT2D eigenvalue weighted by atomic mass is 16.7. The molecule has 28 heavy (non-hydrogen) atoms. The van der Waals surface area contributed by atoms with Gasteiger partial charge in [-0.1, -0.05) is 18.2 Å². The number of nitrogens with one attached hydrogen (secondary N) is 1. The number of ether oxygens (including phenoxy) is 3. The van der Waals surface area contributed by atoms with Gasteiger partial charge >= 0.3 is 0 Å². The van der Waals surface area contributed by atoms with Crippen molar-refractivity contribution >= 4 is 11.6 Å². The molecule has 7 nitrogen and oxygen atoms in total. The van der Waals surface area contributed by atoms with E-state index in [9.17, 15) is 4.79 Å². The lowest BCUT2D eigenvalue weighted by Gasteiger charge is -2.37. The van der Waals surface area contributed by atoms with E-state index in [1.807, 2.05) is 35.2 Å². The molecule has 2 aliphatic rings. The van der Waals surface area contributed by atoms with Gasteiger partial charge in [0.15, 0.2) is 5.79 Å². The minimum Gasteiger partial charge on any atom is -0.496 e. The zero-order valence-electron chi connectivity index (χ0n) is 16.0. The molecule has 2 saturated heterocycles. The molecule has 1 spiro atoms. The van der Waals surface area contributed by atoms with E-state index in [1.54, 1.807) is 19.4 Å². The van der Waals surface area contributed by atoms with E-state index in [-0.39, 0.29) is 5.91 Å². The van der Waals surface area contributed by atoms with Gasteiger partial charge in [0.05, 0.1) is 20.3 Å². The summed E-state index contributed by atoms with van der Waals surface area (Å²) in [5.41, 5.74) is 2.34. The zero-order chi connectivity index (χ0) is 19.4. The normalized spacial score (nSPS) is 18.2. The first-order chi connectivity index (χ1) is 13.7. The van der Waals surface area contributed by atoms with E-state index in [0.29, 0.717) is 51.4 Å². The predicted octanol–water partition coefficient (Wildman–Crippen LogP) is 2.68. The Balaban J connectivity index is 1.38. The summed E-state index contributed by atoms with van der Waals surface area (Å²) in [5, 5.41) is 3.34. The largest absolute Gasteiger partial charge is 0.496 e. The van der Waals surface area contributed by atoms with E-state index >= 15 is 0 Å². The maximum absolute atomic E-state index is 12.9. The second-order valence-corrected chi connectivity index (χ2v) is 6.99. The van der Waals surface area contributed by atoms with Crippen LogP contribution in [0.5, 0.6) is 5.75 Å². The zero-order valence-corrected chi connectivity index (χ0v) is 16.0. The van der Waals surface area contributed by atoms with Crippen LogP contribution in [0.15, 0.2) is 42.6 Å². The highest BCUT2D eigenvalue weighted by molar-refractivity contribution is 5.93. The third-order valence-electron chi connectivity index (χ3n) is 5.28. The molecule has 0 radical (unpaired) electrons. The molecule has 2 fully saturated rings. The smallest absolute Gasteiger partial charge is 0.272 e. The number of methoxy groups -OCH3 is 1. The lowest BCUT2D eigenvalue weighted by atomic mass is 10.0. The fourth-order valence-corrected chi connectivity index (χ4v) is 3.70. The molecule has 0 atom stereocenters. The maximum Gasteiger partial charge on any atom is 0.272 e. The van der Waals surface area contributed by atoms with Gasteiger partial charge in [-0.05, 0) is 18.2 Å². The van der Waals surface area contributed by atoms with Crippen LogP contribution in [-0.2, 0) is 16.0 Å². The molecule has 0 unspecified atom stereocenters. The summed E-state index contributed by atoms with van der Waals surface area (Å²) in [6.07, 6.45) is 3.06. The van der Waals surface area contributed by atoms with Gasteiger partial charge in [-0.25, -0.2) is 0 Å².